The number of hydrogen-bond donors (Lipinski definition) is 3. The van der Waals surface area contributed by atoms with Crippen molar-refractivity contribution in [2.24, 2.45) is 0 Å². The molecule has 1 aliphatic rings. The van der Waals surface area contributed by atoms with Crippen LogP contribution in [0.4, 0.5) is 4.79 Å². The van der Waals surface area contributed by atoms with Crippen LogP contribution in [0.15, 0.2) is 24.3 Å². The van der Waals surface area contributed by atoms with Crippen LogP contribution in [0.2, 0.25) is 0 Å². The first kappa shape index (κ1) is 19.7. The molecule has 140 valence electrons. The molecule has 2 rings (SSSR count). The third-order valence-corrected chi connectivity index (χ3v) is 5.30. The molecule has 2 atom stereocenters. The Morgan fingerprint density at radius 2 is 2.00 bits per heavy atom. The standard InChI is InChI=1S/C17H26N2O5S/c1-17(2,3)24-16(21)19-9-13(20)8-18-15-11-25(22,23)10-12-6-4-5-7-14(12)15/h4-7,13,15,18,20H,8-11H2,1-3H3,(H,19,21). The van der Waals surface area contributed by atoms with Gasteiger partial charge in [-0.05, 0) is 31.9 Å². The van der Waals surface area contributed by atoms with E-state index in [2.05, 4.69) is 10.6 Å². The number of hydrogen-bond acceptors (Lipinski definition) is 6. The van der Waals surface area contributed by atoms with E-state index in [1.54, 1.807) is 26.8 Å². The van der Waals surface area contributed by atoms with Gasteiger partial charge in [0.05, 0.1) is 17.6 Å². The molecule has 1 aliphatic heterocycles. The topological polar surface area (TPSA) is 105 Å². The second-order valence-corrected chi connectivity index (χ2v) is 9.36. The summed E-state index contributed by atoms with van der Waals surface area (Å²) in [5.41, 5.74) is 1.12. The van der Waals surface area contributed by atoms with Gasteiger partial charge in [-0.3, -0.25) is 0 Å². The Morgan fingerprint density at radius 3 is 2.68 bits per heavy atom. The van der Waals surface area contributed by atoms with Crippen LogP contribution in [0.3, 0.4) is 0 Å². The highest BCUT2D eigenvalue weighted by Gasteiger charge is 2.29. The summed E-state index contributed by atoms with van der Waals surface area (Å²) in [6, 6.07) is 7.02. The van der Waals surface area contributed by atoms with E-state index >= 15 is 0 Å². The van der Waals surface area contributed by atoms with Crippen LogP contribution in [0.25, 0.3) is 0 Å². The summed E-state index contributed by atoms with van der Waals surface area (Å²) in [6.07, 6.45) is -1.46. The van der Waals surface area contributed by atoms with Gasteiger partial charge in [0.2, 0.25) is 0 Å². The summed E-state index contributed by atoms with van der Waals surface area (Å²) in [5, 5.41) is 15.6. The molecule has 7 nitrogen and oxygen atoms in total. The van der Waals surface area contributed by atoms with E-state index < -0.39 is 27.6 Å². The summed E-state index contributed by atoms with van der Waals surface area (Å²) in [7, 11) is -3.17. The van der Waals surface area contributed by atoms with Crippen LogP contribution >= 0.6 is 0 Å². The molecule has 0 fully saturated rings. The minimum atomic E-state index is -3.17. The monoisotopic (exact) mass is 370 g/mol. The van der Waals surface area contributed by atoms with Gasteiger partial charge in [-0.2, -0.15) is 0 Å². The number of carbonyl (C=O) groups is 1. The first-order valence-corrected chi connectivity index (χ1v) is 10.0. The Hall–Kier alpha value is -1.64. The third kappa shape index (κ3) is 6.30. The fourth-order valence-electron chi connectivity index (χ4n) is 2.68. The number of aliphatic hydroxyl groups is 1. The van der Waals surface area contributed by atoms with Gasteiger partial charge in [0.25, 0.3) is 0 Å². The molecule has 0 spiro atoms. The van der Waals surface area contributed by atoms with Gasteiger partial charge < -0.3 is 20.5 Å². The summed E-state index contributed by atoms with van der Waals surface area (Å²) in [4.78, 5) is 11.6. The van der Waals surface area contributed by atoms with Gasteiger partial charge in [0.1, 0.15) is 5.60 Å². The average molecular weight is 370 g/mol. The van der Waals surface area contributed by atoms with E-state index in [4.69, 9.17) is 4.74 Å². The number of fused-ring (bicyclic) bond motifs is 1. The van der Waals surface area contributed by atoms with E-state index in [1.807, 2.05) is 18.2 Å². The molecule has 25 heavy (non-hydrogen) atoms. The number of sulfone groups is 1. The van der Waals surface area contributed by atoms with Crippen LogP contribution in [-0.2, 0) is 20.3 Å². The van der Waals surface area contributed by atoms with Gasteiger partial charge in [-0.1, -0.05) is 24.3 Å². The number of ether oxygens (including phenoxy) is 1. The molecule has 0 aliphatic carbocycles. The molecule has 2 unspecified atom stereocenters. The molecule has 0 aromatic heterocycles. The van der Waals surface area contributed by atoms with Crippen molar-refractivity contribution >= 4 is 15.9 Å². The van der Waals surface area contributed by atoms with E-state index in [0.29, 0.717) is 0 Å². The van der Waals surface area contributed by atoms with Crippen LogP contribution in [-0.4, -0.2) is 50.2 Å². The van der Waals surface area contributed by atoms with Crippen molar-refractivity contribution in [3.05, 3.63) is 35.4 Å². The van der Waals surface area contributed by atoms with Gasteiger partial charge in [0.15, 0.2) is 9.84 Å². The van der Waals surface area contributed by atoms with Crippen LogP contribution in [0.1, 0.15) is 37.9 Å². The number of aliphatic hydroxyl groups excluding tert-OH is 1. The van der Waals surface area contributed by atoms with Crippen LogP contribution < -0.4 is 10.6 Å². The Kier molecular flexibility index (Phi) is 6.08. The molecule has 3 N–H and O–H groups in total. The zero-order valence-electron chi connectivity index (χ0n) is 14.8. The van der Waals surface area contributed by atoms with Gasteiger partial charge in [-0.25, -0.2) is 13.2 Å². The molecule has 1 aromatic rings. The minimum absolute atomic E-state index is 0.00374. The number of rotatable bonds is 5. The molecule has 0 radical (unpaired) electrons. The summed E-state index contributed by atoms with van der Waals surface area (Å²) >= 11 is 0. The number of nitrogens with one attached hydrogen (secondary N) is 2. The van der Waals surface area contributed by atoms with Crippen molar-refractivity contribution in [3.8, 4) is 0 Å². The molecule has 1 aromatic carbocycles. The number of benzene rings is 1. The molecule has 1 amide bonds. The highest BCUT2D eigenvalue weighted by Crippen LogP contribution is 2.27. The van der Waals surface area contributed by atoms with Crippen LogP contribution in [0, 0.1) is 0 Å². The summed E-state index contributed by atoms with van der Waals surface area (Å²) in [6.45, 7) is 5.44. The normalized spacial score (nSPS) is 20.4. The quantitative estimate of drug-likeness (QED) is 0.718. The Balaban J connectivity index is 1.87. The van der Waals surface area contributed by atoms with E-state index in [9.17, 15) is 18.3 Å². The van der Waals surface area contributed by atoms with E-state index in [1.165, 1.54) is 0 Å². The Labute approximate surface area is 148 Å². The zero-order valence-corrected chi connectivity index (χ0v) is 15.6. The number of carbonyl (C=O) groups excluding carboxylic acids is 1. The minimum Gasteiger partial charge on any atom is -0.444 e. The fraction of sp³-hybridized carbons (Fsp3) is 0.588. The molecule has 0 bridgehead atoms. The molecule has 0 saturated carbocycles. The second-order valence-electron chi connectivity index (χ2n) is 7.25. The predicted molar refractivity (Wildman–Crippen MR) is 94.9 cm³/mol. The maximum absolute atomic E-state index is 12.0. The lowest BCUT2D eigenvalue weighted by atomic mass is 10.0. The molecule has 1 heterocycles. The molecule has 0 saturated heterocycles. The van der Waals surface area contributed by atoms with E-state index in [0.717, 1.165) is 11.1 Å². The summed E-state index contributed by atoms with van der Waals surface area (Å²) < 4.78 is 29.2. The Bertz CT molecular complexity index is 712. The lowest BCUT2D eigenvalue weighted by molar-refractivity contribution is 0.0491. The lowest BCUT2D eigenvalue weighted by Gasteiger charge is -2.27. The van der Waals surface area contributed by atoms with E-state index in [-0.39, 0.29) is 30.6 Å². The Morgan fingerprint density at radius 1 is 1.32 bits per heavy atom. The van der Waals surface area contributed by atoms with Gasteiger partial charge in [0, 0.05) is 19.1 Å². The maximum Gasteiger partial charge on any atom is 0.407 e. The third-order valence-electron chi connectivity index (χ3n) is 3.71. The number of amides is 1. The smallest absolute Gasteiger partial charge is 0.407 e. The highest BCUT2D eigenvalue weighted by molar-refractivity contribution is 7.90. The highest BCUT2D eigenvalue weighted by atomic mass is 32.2. The molecular weight excluding hydrogens is 344 g/mol. The maximum atomic E-state index is 12.0. The molecular formula is C17H26N2O5S. The lowest BCUT2D eigenvalue weighted by Crippen LogP contribution is -2.43. The second kappa shape index (κ2) is 7.72. The summed E-state index contributed by atoms with van der Waals surface area (Å²) in [5.74, 6) is 0.0420. The predicted octanol–water partition coefficient (Wildman–Crippen LogP) is 1.13. The van der Waals surface area contributed by atoms with Gasteiger partial charge >= 0.3 is 6.09 Å². The molecule has 8 heteroatoms. The van der Waals surface area contributed by atoms with Crippen molar-refractivity contribution in [2.75, 3.05) is 18.8 Å². The first-order valence-electron chi connectivity index (χ1n) is 8.22. The van der Waals surface area contributed by atoms with Gasteiger partial charge in [-0.15, -0.1) is 0 Å². The van der Waals surface area contributed by atoms with Crippen molar-refractivity contribution in [1.82, 2.24) is 10.6 Å². The van der Waals surface area contributed by atoms with Crippen molar-refractivity contribution in [2.45, 2.75) is 44.3 Å². The SMILES string of the molecule is CC(C)(C)OC(=O)NCC(O)CNC1CS(=O)(=O)Cc2ccccc21. The van der Waals surface area contributed by atoms with Crippen molar-refractivity contribution < 1.29 is 23.1 Å². The van der Waals surface area contributed by atoms with Crippen LogP contribution in [0.5, 0.6) is 0 Å². The first-order chi connectivity index (χ1) is 11.6. The van der Waals surface area contributed by atoms with Crippen molar-refractivity contribution in [3.63, 3.8) is 0 Å². The average Bonchev–Trinajstić information content (AvgIpc) is 2.48. The van der Waals surface area contributed by atoms with Crippen molar-refractivity contribution in [1.29, 1.82) is 0 Å². The number of alkyl carbamates (subject to hydrolysis) is 1. The fourth-order valence-corrected chi connectivity index (χ4v) is 4.34. The largest absolute Gasteiger partial charge is 0.444 e. The zero-order chi connectivity index (χ0) is 18.7.